The Morgan fingerprint density at radius 3 is 2.18 bits per heavy atom. The molecule has 2 aliphatic rings. The molecule has 3 heterocycles. The summed E-state index contributed by atoms with van der Waals surface area (Å²) in [6.07, 6.45) is -0.655. The molecule has 7 atom stereocenters. The van der Waals surface area contributed by atoms with Gasteiger partial charge in [-0.1, -0.05) is 72.0 Å². The molecule has 5 aromatic rings. The zero-order valence-corrected chi connectivity index (χ0v) is 28.3. The van der Waals surface area contributed by atoms with Crippen molar-refractivity contribution in [2.24, 2.45) is 22.8 Å². The Kier molecular flexibility index (Phi) is 8.98. The summed E-state index contributed by atoms with van der Waals surface area (Å²) in [7, 11) is 3.16. The van der Waals surface area contributed by atoms with Crippen LogP contribution in [0, 0.1) is 28.3 Å². The van der Waals surface area contributed by atoms with Crippen molar-refractivity contribution < 1.29 is 28.2 Å². The molecular formula is C36H33FN8O5S. The highest BCUT2D eigenvalue weighted by atomic mass is 32.1. The Bertz CT molecular complexity index is 2180. The molecule has 0 spiro atoms. The first kappa shape index (κ1) is 33.8. The molecule has 7 rings (SSSR count). The molecule has 51 heavy (non-hydrogen) atoms. The predicted octanol–water partition coefficient (Wildman–Crippen LogP) is 3.00. The van der Waals surface area contributed by atoms with E-state index in [9.17, 15) is 18.8 Å². The molecule has 13 nitrogen and oxygen atoms in total. The lowest BCUT2D eigenvalue weighted by Gasteiger charge is -2.32. The van der Waals surface area contributed by atoms with Crippen LogP contribution in [0.15, 0.2) is 79.1 Å². The van der Waals surface area contributed by atoms with Gasteiger partial charge in [0.15, 0.2) is 34.3 Å². The van der Waals surface area contributed by atoms with Crippen molar-refractivity contribution in [2.45, 2.75) is 36.8 Å². The molecule has 2 aliphatic carbocycles. The smallest absolute Gasteiger partial charge is 0.328 e. The van der Waals surface area contributed by atoms with Gasteiger partial charge in [0.05, 0.1) is 22.7 Å². The highest BCUT2D eigenvalue weighted by molar-refractivity contribution is 7.10. The Hall–Kier alpha value is -5.69. The number of nitrogens with one attached hydrogen (secondary N) is 2. The van der Waals surface area contributed by atoms with E-state index >= 15 is 0 Å². The SMILES string of the molecule is CNC(=O)C12CC1[C@@H](n1cnc3c(NC)nc(C#Cc4ccc(F)s4)nc31)C(OC(=O)[C@@H](N)c1ccccc1)C2OC(=O)[C@@H](N)c1ccccc1. The minimum atomic E-state index is -1.27. The second kappa shape index (κ2) is 13.6. The molecule has 2 saturated carbocycles. The van der Waals surface area contributed by atoms with Crippen LogP contribution in [0.4, 0.5) is 10.2 Å². The number of nitrogens with zero attached hydrogens (tertiary/aromatic N) is 4. The van der Waals surface area contributed by atoms with Crippen LogP contribution in [0.5, 0.6) is 0 Å². The zero-order valence-electron chi connectivity index (χ0n) is 27.4. The van der Waals surface area contributed by atoms with Gasteiger partial charge in [-0.05, 0) is 41.5 Å². The first-order valence-electron chi connectivity index (χ1n) is 16.1. The Morgan fingerprint density at radius 2 is 1.59 bits per heavy atom. The average Bonchev–Trinajstić information content (AvgIpc) is 3.37. The van der Waals surface area contributed by atoms with Gasteiger partial charge in [-0.15, -0.1) is 0 Å². The van der Waals surface area contributed by atoms with Crippen LogP contribution in [0.3, 0.4) is 0 Å². The van der Waals surface area contributed by atoms with Crippen molar-refractivity contribution in [3.05, 3.63) is 106 Å². The van der Waals surface area contributed by atoms with Crippen LogP contribution < -0.4 is 22.1 Å². The normalized spacial score (nSPS) is 22.9. The summed E-state index contributed by atoms with van der Waals surface area (Å²) >= 11 is 0.892. The first-order chi connectivity index (χ1) is 24.7. The van der Waals surface area contributed by atoms with Crippen molar-refractivity contribution in [1.82, 2.24) is 24.8 Å². The largest absolute Gasteiger partial charge is 0.456 e. The number of hydrogen-bond donors (Lipinski definition) is 4. The number of thiophene rings is 1. The van der Waals surface area contributed by atoms with E-state index in [4.69, 9.17) is 25.9 Å². The molecule has 0 bridgehead atoms. The molecule has 2 fully saturated rings. The van der Waals surface area contributed by atoms with E-state index in [-0.39, 0.29) is 16.9 Å². The van der Waals surface area contributed by atoms with Crippen LogP contribution in [0.2, 0.25) is 0 Å². The van der Waals surface area contributed by atoms with Crippen molar-refractivity contribution in [2.75, 3.05) is 19.4 Å². The van der Waals surface area contributed by atoms with Gasteiger partial charge < -0.3 is 36.1 Å². The van der Waals surface area contributed by atoms with Crippen LogP contribution in [0.25, 0.3) is 11.2 Å². The van der Waals surface area contributed by atoms with E-state index in [1.54, 1.807) is 78.3 Å². The predicted molar refractivity (Wildman–Crippen MR) is 185 cm³/mol. The number of amides is 1. The summed E-state index contributed by atoms with van der Waals surface area (Å²) in [6.45, 7) is 0. The molecule has 2 aromatic carbocycles. The standard InChI is InChI=1S/C36H33FN8O5S/c1-40-31-27-32(44-24(43-31)16-14-21-13-15-23(37)51-21)45(18-42-27)28-22-17-36(22,35(48)41-2)30(50-34(47)26(39)20-11-7-4-8-12-20)29(28)49-33(46)25(38)19-9-5-3-6-10-19/h3-13,15,18,22,25-26,28-30H,17,38-39H2,1-2H3,(H,41,48)(H,40,43,44)/t22?,25-,26-,28+,29?,30?,36?/m0/s1. The number of benzene rings is 2. The van der Waals surface area contributed by atoms with Crippen molar-refractivity contribution in [1.29, 1.82) is 0 Å². The summed E-state index contributed by atoms with van der Waals surface area (Å²) in [4.78, 5) is 55.5. The third kappa shape index (κ3) is 6.07. The van der Waals surface area contributed by atoms with Gasteiger partial charge in [-0.2, -0.15) is 4.39 Å². The van der Waals surface area contributed by atoms with Gasteiger partial charge >= 0.3 is 11.9 Å². The lowest BCUT2D eigenvalue weighted by molar-refractivity contribution is -0.176. The van der Waals surface area contributed by atoms with Gasteiger partial charge in [0, 0.05) is 20.0 Å². The van der Waals surface area contributed by atoms with E-state index in [1.807, 2.05) is 0 Å². The number of halogens is 1. The van der Waals surface area contributed by atoms with Crippen LogP contribution in [0.1, 0.15) is 46.4 Å². The van der Waals surface area contributed by atoms with E-state index in [1.165, 1.54) is 19.4 Å². The number of carbonyl (C=O) groups is 3. The van der Waals surface area contributed by atoms with E-state index in [0.717, 1.165) is 11.3 Å². The number of esters is 2. The fraction of sp³-hybridized carbons (Fsp3) is 0.278. The Morgan fingerprint density at radius 1 is 0.941 bits per heavy atom. The van der Waals surface area contributed by atoms with Crippen LogP contribution in [-0.4, -0.2) is 63.7 Å². The van der Waals surface area contributed by atoms with Gasteiger partial charge in [0.1, 0.15) is 12.1 Å². The molecule has 0 radical (unpaired) electrons. The highest BCUT2D eigenvalue weighted by Crippen LogP contribution is 2.69. The quantitative estimate of drug-likeness (QED) is 0.130. The van der Waals surface area contributed by atoms with Crippen LogP contribution in [-0.2, 0) is 23.9 Å². The maximum absolute atomic E-state index is 13.8. The maximum Gasteiger partial charge on any atom is 0.328 e. The average molecular weight is 709 g/mol. The zero-order chi connectivity index (χ0) is 35.9. The molecule has 4 unspecified atom stereocenters. The molecule has 1 amide bonds. The lowest BCUT2D eigenvalue weighted by Crippen LogP contribution is -2.47. The topological polar surface area (TPSA) is 189 Å². The molecule has 260 valence electrons. The number of rotatable bonds is 9. The third-order valence-corrected chi connectivity index (χ3v) is 10.2. The minimum Gasteiger partial charge on any atom is -0.456 e. The lowest BCUT2D eigenvalue weighted by atomic mass is 9.97. The Labute approximate surface area is 295 Å². The highest BCUT2D eigenvalue weighted by Gasteiger charge is 2.78. The number of anilines is 1. The first-order valence-corrected chi connectivity index (χ1v) is 16.9. The summed E-state index contributed by atoms with van der Waals surface area (Å²) in [5, 5.41) is 5.35. The monoisotopic (exact) mass is 708 g/mol. The summed E-state index contributed by atoms with van der Waals surface area (Å²) in [5.74, 6) is 3.79. The fourth-order valence-electron chi connectivity index (χ4n) is 6.90. The molecule has 0 saturated heterocycles. The van der Waals surface area contributed by atoms with Gasteiger partial charge in [0.2, 0.25) is 11.7 Å². The summed E-state index contributed by atoms with van der Waals surface area (Å²) in [6, 6.07) is 17.1. The Balaban J connectivity index is 1.32. The van der Waals surface area contributed by atoms with Crippen molar-refractivity contribution in [3.63, 3.8) is 0 Å². The molecule has 0 aliphatic heterocycles. The van der Waals surface area contributed by atoms with Gasteiger partial charge in [0.25, 0.3) is 0 Å². The van der Waals surface area contributed by atoms with E-state index in [0.29, 0.717) is 39.4 Å². The summed E-state index contributed by atoms with van der Waals surface area (Å²) in [5.41, 5.74) is 13.2. The second-order valence-electron chi connectivity index (χ2n) is 12.3. The van der Waals surface area contributed by atoms with E-state index < -0.39 is 53.6 Å². The van der Waals surface area contributed by atoms with Gasteiger partial charge in [-0.25, -0.2) is 24.5 Å². The summed E-state index contributed by atoms with van der Waals surface area (Å²) < 4.78 is 27.6. The molecule has 6 N–H and O–H groups in total. The third-order valence-electron chi connectivity index (χ3n) is 9.43. The van der Waals surface area contributed by atoms with Crippen LogP contribution >= 0.6 is 11.3 Å². The molecule has 15 heteroatoms. The van der Waals surface area contributed by atoms with Crippen molar-refractivity contribution >= 4 is 46.2 Å². The number of hydrogen-bond acceptors (Lipinski definition) is 12. The molecule has 3 aromatic heterocycles. The maximum atomic E-state index is 13.8. The fourth-order valence-corrected chi connectivity index (χ4v) is 7.48. The number of ether oxygens (including phenoxy) is 2. The van der Waals surface area contributed by atoms with Crippen molar-refractivity contribution in [3.8, 4) is 11.8 Å². The number of imidazole rings is 1. The number of fused-ring (bicyclic) bond motifs is 2. The number of carbonyl (C=O) groups excluding carboxylic acids is 3. The van der Waals surface area contributed by atoms with E-state index in [2.05, 4.69) is 32.4 Å². The van der Waals surface area contributed by atoms with Gasteiger partial charge in [-0.3, -0.25) is 4.79 Å². The molecular weight excluding hydrogens is 676 g/mol. The number of nitrogens with two attached hydrogens (primary N) is 2. The second-order valence-corrected chi connectivity index (χ2v) is 13.3. The number of aromatic nitrogens is 4. The minimum absolute atomic E-state index is 0.116.